The molecule has 2 heterocycles. The number of pyridine rings is 1. The fourth-order valence-corrected chi connectivity index (χ4v) is 2.77. The van der Waals surface area contributed by atoms with Crippen LogP contribution in [0.25, 0.3) is 0 Å². The first-order chi connectivity index (χ1) is 11.2. The highest BCUT2D eigenvalue weighted by molar-refractivity contribution is 5.87. The number of H-pyrrole nitrogens is 1. The van der Waals surface area contributed by atoms with Crippen LogP contribution in [0.5, 0.6) is 0 Å². The molecule has 3 rings (SSSR count). The van der Waals surface area contributed by atoms with Crippen molar-refractivity contribution < 1.29 is 26.9 Å². The molecule has 24 heavy (non-hydrogen) atoms. The number of nitrogen functional groups attached to an aromatic ring is 1. The smallest absolute Gasteiger partial charge is 0.411 e. The average molecular weight is 349 g/mol. The third kappa shape index (κ3) is 3.89. The van der Waals surface area contributed by atoms with Gasteiger partial charge in [0.1, 0.15) is 5.69 Å². The number of ether oxygens (including phenoxy) is 1. The number of nitrogens with zero attached hydrogens (tertiary/aromatic N) is 1. The lowest BCUT2D eigenvalue weighted by atomic mass is 10.00. The molecular formula is C17H21ClN4O2. The average Bonchev–Trinajstić information content (AvgIpc) is 2.56. The van der Waals surface area contributed by atoms with Gasteiger partial charge in [0, 0.05) is 12.5 Å². The third-order valence-corrected chi connectivity index (χ3v) is 3.94. The fraction of sp³-hybridized carbons (Fsp3) is 0.294. The molecule has 1 amide bonds. The van der Waals surface area contributed by atoms with Crippen molar-refractivity contribution in [3.63, 3.8) is 0 Å². The molecule has 0 radical (unpaired) electrons. The molecule has 0 unspecified atom stereocenters. The Morgan fingerprint density at radius 1 is 1.29 bits per heavy atom. The van der Waals surface area contributed by atoms with Crippen LogP contribution in [0, 0.1) is 0 Å². The summed E-state index contributed by atoms with van der Waals surface area (Å²) < 4.78 is 4.86. The van der Waals surface area contributed by atoms with E-state index in [-0.39, 0.29) is 12.4 Å². The van der Waals surface area contributed by atoms with E-state index in [2.05, 4.69) is 39.5 Å². The first-order valence-corrected chi connectivity index (χ1v) is 7.74. The Hall–Kier alpha value is -2.47. The molecule has 0 aliphatic carbocycles. The highest BCUT2D eigenvalue weighted by Crippen LogP contribution is 2.23. The predicted octanol–water partition coefficient (Wildman–Crippen LogP) is -0.782. The van der Waals surface area contributed by atoms with E-state index in [1.807, 2.05) is 6.07 Å². The van der Waals surface area contributed by atoms with Crippen molar-refractivity contribution in [1.29, 1.82) is 0 Å². The van der Waals surface area contributed by atoms with Crippen molar-refractivity contribution >= 4 is 23.4 Å². The number of aromatic nitrogens is 1. The minimum absolute atomic E-state index is 0. The lowest BCUT2D eigenvalue weighted by molar-refractivity contribution is -0.345. The number of rotatable bonds is 3. The van der Waals surface area contributed by atoms with Crippen LogP contribution >= 0.6 is 0 Å². The van der Waals surface area contributed by atoms with Crippen LogP contribution in [-0.2, 0) is 17.7 Å². The number of hydrogen-bond acceptors (Lipinski definition) is 4. The minimum atomic E-state index is -0.507. The lowest BCUT2D eigenvalue weighted by Gasteiger charge is -2.26. The molecule has 128 valence electrons. The monoisotopic (exact) mass is 348 g/mol. The number of halogens is 1. The maximum atomic E-state index is 11.5. The van der Waals surface area contributed by atoms with E-state index < -0.39 is 6.09 Å². The van der Waals surface area contributed by atoms with Crippen LogP contribution in [0.15, 0.2) is 36.4 Å². The van der Waals surface area contributed by atoms with Crippen molar-refractivity contribution in [1.82, 2.24) is 0 Å². The van der Waals surface area contributed by atoms with Gasteiger partial charge in [-0.05, 0) is 24.1 Å². The Bertz CT molecular complexity index is 723. The van der Waals surface area contributed by atoms with Crippen molar-refractivity contribution in [3.8, 4) is 0 Å². The summed E-state index contributed by atoms with van der Waals surface area (Å²) in [6.07, 6.45) is 0.500. The second-order valence-corrected chi connectivity index (χ2v) is 5.46. The molecule has 0 bridgehead atoms. The number of aromatic amines is 1. The van der Waals surface area contributed by atoms with Gasteiger partial charge >= 0.3 is 6.09 Å². The van der Waals surface area contributed by atoms with Gasteiger partial charge in [-0.3, -0.25) is 10.2 Å². The zero-order valence-electron chi connectivity index (χ0n) is 13.5. The number of benzene rings is 1. The van der Waals surface area contributed by atoms with Gasteiger partial charge in [-0.25, -0.2) is 9.78 Å². The van der Waals surface area contributed by atoms with E-state index in [4.69, 9.17) is 10.5 Å². The summed E-state index contributed by atoms with van der Waals surface area (Å²) in [5, 5.41) is 2.62. The number of anilines is 3. The van der Waals surface area contributed by atoms with E-state index >= 15 is 0 Å². The van der Waals surface area contributed by atoms with Crippen LogP contribution in [0.4, 0.5) is 22.1 Å². The summed E-state index contributed by atoms with van der Waals surface area (Å²) >= 11 is 0. The lowest BCUT2D eigenvalue weighted by Crippen LogP contribution is -3.00. The fourth-order valence-electron chi connectivity index (χ4n) is 2.77. The highest BCUT2D eigenvalue weighted by Gasteiger charge is 2.21. The second kappa shape index (κ2) is 7.88. The summed E-state index contributed by atoms with van der Waals surface area (Å²) in [6, 6.07) is 12.2. The molecule has 0 atom stereocenters. The molecule has 2 aromatic rings. The summed E-state index contributed by atoms with van der Waals surface area (Å²) in [6.45, 7) is 3.85. The van der Waals surface area contributed by atoms with E-state index in [0.717, 1.165) is 25.3 Å². The number of hydrogen-bond donors (Lipinski definition) is 2. The third-order valence-electron chi connectivity index (χ3n) is 3.94. The standard InChI is InChI=1S/C17H20N4O2.ClH/c1-2-23-17(22)19-14-7-8-15(20-16(14)18)21-10-9-12-5-3-4-6-13(12)11-21;/h3-8H,2,9-11H2,1H3,(H2,18,20)(H,19,22);1H. The molecule has 0 spiro atoms. The SMILES string of the molecule is CCOC(=O)Nc1ccc(N2CCc3ccccc3C2)[nH+]c1N.[Cl-]. The zero-order chi connectivity index (χ0) is 16.2. The number of nitrogens with one attached hydrogen (secondary N) is 2. The highest BCUT2D eigenvalue weighted by atomic mass is 35.5. The first kappa shape index (κ1) is 17.9. The van der Waals surface area contributed by atoms with E-state index in [9.17, 15) is 4.79 Å². The normalized spacial score (nSPS) is 12.8. The Labute approximate surface area is 147 Å². The van der Waals surface area contributed by atoms with Gasteiger partial charge in [0.25, 0.3) is 0 Å². The van der Waals surface area contributed by atoms with Crippen molar-refractivity contribution in [2.24, 2.45) is 0 Å². The van der Waals surface area contributed by atoms with Gasteiger partial charge in [-0.1, -0.05) is 24.3 Å². The largest absolute Gasteiger partial charge is 1.00 e. The minimum Gasteiger partial charge on any atom is -1.00 e. The Kier molecular flexibility index (Phi) is 5.87. The molecule has 6 nitrogen and oxygen atoms in total. The molecule has 0 saturated heterocycles. The van der Waals surface area contributed by atoms with Gasteiger partial charge in [0.15, 0.2) is 0 Å². The second-order valence-electron chi connectivity index (χ2n) is 5.46. The summed E-state index contributed by atoms with van der Waals surface area (Å²) in [5.74, 6) is 1.35. The van der Waals surface area contributed by atoms with Crippen LogP contribution in [0.2, 0.25) is 0 Å². The van der Waals surface area contributed by atoms with Gasteiger partial charge in [0.2, 0.25) is 11.6 Å². The van der Waals surface area contributed by atoms with Crippen LogP contribution in [0.1, 0.15) is 18.1 Å². The Morgan fingerprint density at radius 2 is 2.04 bits per heavy atom. The van der Waals surface area contributed by atoms with Gasteiger partial charge in [0.05, 0.1) is 19.7 Å². The topological polar surface area (TPSA) is 81.7 Å². The summed E-state index contributed by atoms with van der Waals surface area (Å²) in [5.41, 5.74) is 9.27. The molecule has 7 heteroatoms. The van der Waals surface area contributed by atoms with E-state index in [1.54, 1.807) is 13.0 Å². The Balaban J connectivity index is 0.00000208. The maximum absolute atomic E-state index is 11.5. The molecule has 1 aromatic heterocycles. The van der Waals surface area contributed by atoms with Gasteiger partial charge in [-0.15, -0.1) is 0 Å². The van der Waals surface area contributed by atoms with Crippen molar-refractivity contribution in [2.45, 2.75) is 19.9 Å². The number of carbonyl (C=O) groups is 1. The van der Waals surface area contributed by atoms with Gasteiger partial charge in [-0.2, -0.15) is 0 Å². The molecule has 0 fully saturated rings. The number of amides is 1. The molecular weight excluding hydrogens is 328 g/mol. The van der Waals surface area contributed by atoms with Crippen LogP contribution in [0.3, 0.4) is 0 Å². The number of fused-ring (bicyclic) bond motifs is 1. The predicted molar refractivity (Wildman–Crippen MR) is 89.3 cm³/mol. The number of nitrogens with two attached hydrogens (primary N) is 1. The number of carbonyl (C=O) groups excluding carboxylic acids is 1. The molecule has 1 aliphatic heterocycles. The molecule has 0 saturated carbocycles. The molecule has 1 aliphatic rings. The molecule has 4 N–H and O–H groups in total. The zero-order valence-corrected chi connectivity index (χ0v) is 14.3. The first-order valence-electron chi connectivity index (χ1n) is 7.74. The van der Waals surface area contributed by atoms with Crippen molar-refractivity contribution in [2.75, 3.05) is 29.1 Å². The molecule has 1 aromatic carbocycles. The quantitative estimate of drug-likeness (QED) is 0.762. The van der Waals surface area contributed by atoms with Crippen molar-refractivity contribution in [3.05, 3.63) is 47.5 Å². The van der Waals surface area contributed by atoms with Gasteiger partial charge < -0.3 is 22.9 Å². The maximum Gasteiger partial charge on any atom is 0.411 e. The van der Waals surface area contributed by atoms with E-state index in [1.165, 1.54) is 11.1 Å². The Morgan fingerprint density at radius 3 is 2.75 bits per heavy atom. The van der Waals surface area contributed by atoms with Crippen LogP contribution < -0.4 is 33.3 Å². The van der Waals surface area contributed by atoms with Crippen LogP contribution in [-0.4, -0.2) is 19.2 Å². The summed E-state index contributed by atoms with van der Waals surface area (Å²) in [4.78, 5) is 16.9. The summed E-state index contributed by atoms with van der Waals surface area (Å²) in [7, 11) is 0. The van der Waals surface area contributed by atoms with E-state index in [0.29, 0.717) is 18.1 Å².